The Balaban J connectivity index is 1.58. The molecule has 1 aromatic carbocycles. The van der Waals surface area contributed by atoms with E-state index >= 15 is 0 Å². The van der Waals surface area contributed by atoms with Crippen LogP contribution in [0, 0.1) is 0 Å². The largest absolute Gasteiger partial charge is 0.331 e. The fourth-order valence-corrected chi connectivity index (χ4v) is 3.52. The maximum Gasteiger partial charge on any atom is 0.313 e. The molecule has 0 bridgehead atoms. The smallest absolute Gasteiger partial charge is 0.313 e. The van der Waals surface area contributed by atoms with Gasteiger partial charge in [-0.25, -0.2) is 0 Å². The van der Waals surface area contributed by atoms with Crippen LogP contribution in [0.2, 0.25) is 0 Å². The minimum Gasteiger partial charge on any atom is -0.331 e. The lowest BCUT2D eigenvalue weighted by Crippen LogP contribution is -2.42. The van der Waals surface area contributed by atoms with Gasteiger partial charge in [0.2, 0.25) is 11.8 Å². The summed E-state index contributed by atoms with van der Waals surface area (Å²) in [5.74, 6) is -1.45. The summed E-state index contributed by atoms with van der Waals surface area (Å²) >= 11 is 0. The van der Waals surface area contributed by atoms with Crippen LogP contribution in [0.1, 0.15) is 44.6 Å². The highest BCUT2D eigenvalue weighted by Crippen LogP contribution is 2.21. The van der Waals surface area contributed by atoms with Gasteiger partial charge in [0.15, 0.2) is 0 Å². The van der Waals surface area contributed by atoms with Crippen molar-refractivity contribution in [3.63, 3.8) is 0 Å². The molecule has 0 aromatic heterocycles. The van der Waals surface area contributed by atoms with Gasteiger partial charge in [0.1, 0.15) is 0 Å². The molecular weight excluding hydrogens is 334 g/mol. The second-order valence-electron chi connectivity index (χ2n) is 6.73. The molecule has 2 fully saturated rings. The van der Waals surface area contributed by atoms with E-state index in [2.05, 4.69) is 5.32 Å². The molecule has 2 heterocycles. The molecule has 4 amide bonds. The molecule has 0 unspecified atom stereocenters. The van der Waals surface area contributed by atoms with E-state index < -0.39 is 11.8 Å². The van der Waals surface area contributed by atoms with Gasteiger partial charge in [0.05, 0.1) is 6.54 Å². The second kappa shape index (κ2) is 7.68. The number of nitrogens with one attached hydrogen (secondary N) is 1. The number of rotatable bonds is 4. The van der Waals surface area contributed by atoms with E-state index in [1.807, 2.05) is 6.92 Å². The first-order chi connectivity index (χ1) is 12.5. The maximum absolute atomic E-state index is 12.3. The average molecular weight is 357 g/mol. The van der Waals surface area contributed by atoms with E-state index in [-0.39, 0.29) is 37.2 Å². The highest BCUT2D eigenvalue weighted by atomic mass is 16.2. The summed E-state index contributed by atoms with van der Waals surface area (Å²) in [5, 5.41) is 2.62. The fourth-order valence-electron chi connectivity index (χ4n) is 3.52. The van der Waals surface area contributed by atoms with Crippen LogP contribution in [-0.4, -0.2) is 46.0 Å². The normalized spacial score (nSPS) is 20.0. The van der Waals surface area contributed by atoms with Gasteiger partial charge in [-0.3, -0.25) is 24.1 Å². The molecule has 1 N–H and O–H groups in total. The summed E-state index contributed by atoms with van der Waals surface area (Å²) in [4.78, 5) is 50.7. The molecular formula is C19H23N3O4. The van der Waals surface area contributed by atoms with Crippen molar-refractivity contribution in [1.82, 2.24) is 9.80 Å². The van der Waals surface area contributed by atoms with Crippen molar-refractivity contribution >= 4 is 29.3 Å². The van der Waals surface area contributed by atoms with Crippen molar-refractivity contribution in [2.75, 3.05) is 11.9 Å². The zero-order valence-electron chi connectivity index (χ0n) is 14.9. The number of nitrogens with zero attached hydrogens (tertiary/aromatic N) is 2. The van der Waals surface area contributed by atoms with Crippen LogP contribution in [0.25, 0.3) is 0 Å². The zero-order chi connectivity index (χ0) is 18.7. The molecule has 0 spiro atoms. The van der Waals surface area contributed by atoms with Crippen LogP contribution in [0.15, 0.2) is 24.3 Å². The van der Waals surface area contributed by atoms with Gasteiger partial charge >= 0.3 is 11.8 Å². The van der Waals surface area contributed by atoms with Gasteiger partial charge in [-0.2, -0.15) is 0 Å². The summed E-state index contributed by atoms with van der Waals surface area (Å²) in [6.45, 7) is 2.88. The Kier molecular flexibility index (Phi) is 5.35. The summed E-state index contributed by atoms with van der Waals surface area (Å²) in [6.07, 6.45) is 3.26. The molecule has 3 rings (SSSR count). The minimum atomic E-state index is -0.636. The van der Waals surface area contributed by atoms with E-state index in [0.717, 1.165) is 24.8 Å². The minimum absolute atomic E-state index is 0.145. The van der Waals surface area contributed by atoms with Crippen LogP contribution in [0.5, 0.6) is 0 Å². The second-order valence-corrected chi connectivity index (χ2v) is 6.73. The lowest BCUT2D eigenvalue weighted by Gasteiger charge is -2.22. The predicted octanol–water partition coefficient (Wildman–Crippen LogP) is 1.68. The van der Waals surface area contributed by atoms with E-state index in [4.69, 9.17) is 0 Å². The third-order valence-electron chi connectivity index (χ3n) is 5.01. The number of carbonyl (C=O) groups is 4. The number of anilines is 1. The van der Waals surface area contributed by atoms with Gasteiger partial charge in [-0.05, 0) is 37.0 Å². The Morgan fingerprint density at radius 2 is 1.77 bits per heavy atom. The quantitative estimate of drug-likeness (QED) is 0.656. The Labute approximate surface area is 152 Å². The van der Waals surface area contributed by atoms with Gasteiger partial charge < -0.3 is 10.2 Å². The molecule has 0 aliphatic carbocycles. The number of likely N-dealkylation sites (tertiary alicyclic amines) is 2. The zero-order valence-corrected chi connectivity index (χ0v) is 14.9. The molecule has 0 radical (unpaired) electrons. The first kappa shape index (κ1) is 18.1. The number of amides is 4. The molecule has 26 heavy (non-hydrogen) atoms. The average Bonchev–Trinajstić information content (AvgIpc) is 3.24. The Bertz CT molecular complexity index is 713. The number of hydrogen-bond donors (Lipinski definition) is 1. The predicted molar refractivity (Wildman–Crippen MR) is 94.9 cm³/mol. The highest BCUT2D eigenvalue weighted by molar-refractivity contribution is 6.39. The molecule has 7 nitrogen and oxygen atoms in total. The third-order valence-corrected chi connectivity index (χ3v) is 5.01. The Hall–Kier alpha value is -2.70. The van der Waals surface area contributed by atoms with Crippen molar-refractivity contribution in [2.45, 2.75) is 51.6 Å². The first-order valence-electron chi connectivity index (χ1n) is 9.03. The van der Waals surface area contributed by atoms with Crippen molar-refractivity contribution in [2.24, 2.45) is 0 Å². The van der Waals surface area contributed by atoms with Gasteiger partial charge in [0.25, 0.3) is 0 Å². The third kappa shape index (κ3) is 3.76. The summed E-state index contributed by atoms with van der Waals surface area (Å²) in [7, 11) is 0. The van der Waals surface area contributed by atoms with Crippen LogP contribution in [0.3, 0.4) is 0 Å². The SMILES string of the molecule is CC[C@H]1CCCN1C(=O)C(=O)Nc1ccc(CN2C(=O)CCC2=O)cc1. The molecule has 2 saturated heterocycles. The summed E-state index contributed by atoms with van der Waals surface area (Å²) in [5.41, 5.74) is 1.31. The van der Waals surface area contributed by atoms with E-state index in [9.17, 15) is 19.2 Å². The van der Waals surface area contributed by atoms with E-state index in [0.29, 0.717) is 12.2 Å². The van der Waals surface area contributed by atoms with Crippen LogP contribution in [-0.2, 0) is 25.7 Å². The summed E-state index contributed by atoms with van der Waals surface area (Å²) in [6, 6.07) is 6.97. The highest BCUT2D eigenvalue weighted by Gasteiger charge is 2.31. The van der Waals surface area contributed by atoms with Crippen LogP contribution < -0.4 is 5.32 Å². The Morgan fingerprint density at radius 3 is 2.38 bits per heavy atom. The van der Waals surface area contributed by atoms with Crippen molar-refractivity contribution in [3.8, 4) is 0 Å². The molecule has 138 valence electrons. The monoisotopic (exact) mass is 357 g/mol. The standard InChI is InChI=1S/C19H23N3O4/c1-2-15-4-3-11-21(15)19(26)18(25)20-14-7-5-13(6-8-14)12-22-16(23)9-10-17(22)24/h5-8,15H,2-4,9-12H2,1H3,(H,20,25)/t15-/m0/s1. The van der Waals surface area contributed by atoms with Gasteiger partial charge in [-0.1, -0.05) is 19.1 Å². The Morgan fingerprint density at radius 1 is 1.12 bits per heavy atom. The molecule has 1 aromatic rings. The first-order valence-corrected chi connectivity index (χ1v) is 9.03. The van der Waals surface area contributed by atoms with Crippen molar-refractivity contribution in [1.29, 1.82) is 0 Å². The number of carbonyl (C=O) groups excluding carboxylic acids is 4. The van der Waals surface area contributed by atoms with Gasteiger partial charge in [-0.15, -0.1) is 0 Å². The molecule has 7 heteroatoms. The number of imide groups is 1. The number of benzene rings is 1. The molecule has 0 saturated carbocycles. The molecule has 2 aliphatic heterocycles. The van der Waals surface area contributed by atoms with Crippen LogP contribution >= 0.6 is 0 Å². The van der Waals surface area contributed by atoms with Gasteiger partial charge in [0, 0.05) is 31.1 Å². The summed E-state index contributed by atoms with van der Waals surface area (Å²) < 4.78 is 0. The molecule has 2 aliphatic rings. The fraction of sp³-hybridized carbons (Fsp3) is 0.474. The van der Waals surface area contributed by atoms with E-state index in [1.165, 1.54) is 4.90 Å². The van der Waals surface area contributed by atoms with Crippen molar-refractivity contribution in [3.05, 3.63) is 29.8 Å². The topological polar surface area (TPSA) is 86.8 Å². The number of hydrogen-bond acceptors (Lipinski definition) is 4. The van der Waals surface area contributed by atoms with Crippen LogP contribution in [0.4, 0.5) is 5.69 Å². The lowest BCUT2D eigenvalue weighted by molar-refractivity contribution is -0.143. The van der Waals surface area contributed by atoms with Crippen molar-refractivity contribution < 1.29 is 19.2 Å². The maximum atomic E-state index is 12.3. The lowest BCUT2D eigenvalue weighted by atomic mass is 10.1. The van der Waals surface area contributed by atoms with E-state index in [1.54, 1.807) is 29.2 Å². The molecule has 1 atom stereocenters.